The zero-order chi connectivity index (χ0) is 14.5. The van der Waals surface area contributed by atoms with E-state index < -0.39 is 4.92 Å². The van der Waals surface area contributed by atoms with Crippen LogP contribution in [-0.2, 0) is 0 Å². The highest BCUT2D eigenvalue weighted by Gasteiger charge is 2.11. The summed E-state index contributed by atoms with van der Waals surface area (Å²) in [7, 11) is 0. The minimum absolute atomic E-state index is 0.314. The molecule has 0 saturated carbocycles. The molecule has 0 saturated heterocycles. The number of rotatable bonds is 6. The highest BCUT2D eigenvalue weighted by Crippen LogP contribution is 2.22. The molecule has 2 N–H and O–H groups in total. The molecule has 2 heterocycles. The Hall–Kier alpha value is -2.30. The van der Waals surface area contributed by atoms with Crippen LogP contribution in [-0.4, -0.2) is 38.8 Å². The van der Waals surface area contributed by atoms with Gasteiger partial charge in [-0.1, -0.05) is 11.3 Å². The molecule has 9 nitrogen and oxygen atoms in total. The molecule has 10 heteroatoms. The van der Waals surface area contributed by atoms with Gasteiger partial charge in [-0.3, -0.25) is 10.1 Å². The fourth-order valence-corrected chi connectivity index (χ4v) is 2.00. The lowest BCUT2D eigenvalue weighted by atomic mass is 10.4. The maximum Gasteiger partial charge on any atom is 0.433 e. The Labute approximate surface area is 116 Å². The molecule has 0 aromatic carbocycles. The number of nitrogens with zero attached hydrogens (tertiary/aromatic N) is 4. The molecule has 0 aliphatic rings. The first-order valence-corrected chi connectivity index (χ1v) is 6.18. The van der Waals surface area contributed by atoms with Gasteiger partial charge in [0, 0.05) is 0 Å². The topological polar surface area (TPSA) is 126 Å². The van der Waals surface area contributed by atoms with Gasteiger partial charge in [-0.05, 0) is 18.2 Å². The largest absolute Gasteiger partial charge is 0.433 e. The van der Waals surface area contributed by atoms with Crippen LogP contribution in [0, 0.1) is 10.1 Å². The van der Waals surface area contributed by atoms with E-state index in [4.69, 9.17) is 14.6 Å². The summed E-state index contributed by atoms with van der Waals surface area (Å²) in [6.45, 7) is -0.752. The maximum atomic E-state index is 10.4. The lowest BCUT2D eigenvalue weighted by Gasteiger charge is -2.12. The van der Waals surface area contributed by atoms with Gasteiger partial charge >= 0.3 is 5.88 Å². The molecule has 0 fully saturated rings. The molecule has 0 unspecified atom stereocenters. The lowest BCUT2D eigenvalue weighted by Crippen LogP contribution is -2.24. The Morgan fingerprint density at radius 2 is 2.10 bits per heavy atom. The highest BCUT2D eigenvalue weighted by molar-refractivity contribution is 7.16. The Morgan fingerprint density at radius 3 is 2.70 bits per heavy atom. The normalized spacial score (nSPS) is 11.1. The van der Waals surface area contributed by atoms with E-state index in [0.717, 1.165) is 11.3 Å². The fraction of sp³-hybridized carbons (Fsp3) is 0.200. The summed E-state index contributed by atoms with van der Waals surface area (Å²) in [5, 5.41) is 36.9. The summed E-state index contributed by atoms with van der Waals surface area (Å²) in [5.74, 6) is -0.0241. The molecule has 0 radical (unpaired) electrons. The van der Waals surface area contributed by atoms with E-state index in [1.165, 1.54) is 23.1 Å². The first-order valence-electron chi connectivity index (χ1n) is 5.36. The van der Waals surface area contributed by atoms with Gasteiger partial charge in [0.1, 0.15) is 29.2 Å². The van der Waals surface area contributed by atoms with E-state index in [1.807, 2.05) is 0 Å². The number of nitro groups is 1. The highest BCUT2D eigenvalue weighted by atomic mass is 32.1. The standard InChI is InChI=1S/C10H10N4O5S/c15-5-13(6-16)10-12-11-8(20-10)3-1-7-2-4-9(19-7)14(17)18/h1-4,15-16H,5-6H2/b3-1+. The monoisotopic (exact) mass is 298 g/mol. The molecule has 2 aromatic heterocycles. The van der Waals surface area contributed by atoms with Crippen molar-refractivity contribution in [3.8, 4) is 0 Å². The van der Waals surface area contributed by atoms with Crippen molar-refractivity contribution in [3.05, 3.63) is 33.0 Å². The number of hydrogen-bond acceptors (Lipinski definition) is 9. The van der Waals surface area contributed by atoms with Crippen LogP contribution in [0.4, 0.5) is 11.0 Å². The summed E-state index contributed by atoms with van der Waals surface area (Å²) in [4.78, 5) is 11.0. The molecule has 0 amide bonds. The number of aromatic nitrogens is 2. The predicted molar refractivity (Wildman–Crippen MR) is 70.9 cm³/mol. The second kappa shape index (κ2) is 6.23. The molecule has 0 aliphatic carbocycles. The van der Waals surface area contributed by atoms with Gasteiger partial charge in [-0.2, -0.15) is 0 Å². The van der Waals surface area contributed by atoms with Crippen LogP contribution in [0.2, 0.25) is 0 Å². The van der Waals surface area contributed by atoms with Crippen molar-refractivity contribution < 1.29 is 19.6 Å². The molecule has 2 aromatic rings. The average molecular weight is 298 g/mol. The molecule has 0 atom stereocenters. The second-order valence-electron chi connectivity index (χ2n) is 3.51. The Bertz CT molecular complexity index is 619. The first-order chi connectivity index (χ1) is 9.63. The van der Waals surface area contributed by atoms with Crippen LogP contribution in [0.1, 0.15) is 10.8 Å². The molecule has 0 spiro atoms. The second-order valence-corrected chi connectivity index (χ2v) is 4.50. The van der Waals surface area contributed by atoms with E-state index in [1.54, 1.807) is 6.08 Å². The third-order valence-electron chi connectivity index (χ3n) is 2.22. The number of furan rings is 1. The Morgan fingerprint density at radius 1 is 1.35 bits per heavy atom. The van der Waals surface area contributed by atoms with Gasteiger partial charge in [0.15, 0.2) is 0 Å². The van der Waals surface area contributed by atoms with Crippen LogP contribution in [0.5, 0.6) is 0 Å². The van der Waals surface area contributed by atoms with Crippen molar-refractivity contribution in [2.75, 3.05) is 18.4 Å². The fourth-order valence-electron chi connectivity index (χ4n) is 1.27. The van der Waals surface area contributed by atoms with E-state index in [2.05, 4.69) is 10.2 Å². The third-order valence-corrected chi connectivity index (χ3v) is 3.17. The van der Waals surface area contributed by atoms with Crippen LogP contribution in [0.25, 0.3) is 12.2 Å². The van der Waals surface area contributed by atoms with Gasteiger partial charge in [-0.15, -0.1) is 10.2 Å². The van der Waals surface area contributed by atoms with Crippen molar-refractivity contribution in [2.45, 2.75) is 0 Å². The van der Waals surface area contributed by atoms with Crippen molar-refractivity contribution in [1.82, 2.24) is 10.2 Å². The summed E-state index contributed by atoms with van der Waals surface area (Å²) in [6, 6.07) is 2.72. The van der Waals surface area contributed by atoms with Gasteiger partial charge in [0.2, 0.25) is 5.13 Å². The molecule has 20 heavy (non-hydrogen) atoms. The molecule has 0 bridgehead atoms. The van der Waals surface area contributed by atoms with Gasteiger partial charge in [0.25, 0.3) is 0 Å². The number of aliphatic hydroxyl groups is 2. The third kappa shape index (κ3) is 3.17. The summed E-state index contributed by atoms with van der Waals surface area (Å²) in [5.41, 5.74) is 0. The Kier molecular flexibility index (Phi) is 4.40. The summed E-state index contributed by atoms with van der Waals surface area (Å²) in [6.07, 6.45) is 3.08. The molecule has 106 valence electrons. The van der Waals surface area contributed by atoms with Gasteiger partial charge in [-0.25, -0.2) is 0 Å². The smallest absolute Gasteiger partial charge is 0.401 e. The molecule has 0 aliphatic heterocycles. The zero-order valence-corrected chi connectivity index (χ0v) is 10.9. The zero-order valence-electron chi connectivity index (χ0n) is 10.0. The number of hydrogen-bond donors (Lipinski definition) is 2. The molecular weight excluding hydrogens is 288 g/mol. The van der Waals surface area contributed by atoms with Crippen molar-refractivity contribution >= 4 is 34.5 Å². The van der Waals surface area contributed by atoms with Crippen LogP contribution < -0.4 is 4.90 Å². The first kappa shape index (κ1) is 14.1. The summed E-state index contributed by atoms with van der Waals surface area (Å²) >= 11 is 1.14. The van der Waals surface area contributed by atoms with E-state index in [-0.39, 0.29) is 19.3 Å². The SMILES string of the molecule is O=[N+]([O-])c1ccc(/C=C/c2nnc(N(CO)CO)s2)o1. The maximum absolute atomic E-state index is 10.4. The van der Waals surface area contributed by atoms with E-state index in [9.17, 15) is 10.1 Å². The minimum atomic E-state index is -0.624. The quantitative estimate of drug-likeness (QED) is 0.458. The average Bonchev–Trinajstić information content (AvgIpc) is 3.07. The van der Waals surface area contributed by atoms with E-state index >= 15 is 0 Å². The van der Waals surface area contributed by atoms with Gasteiger partial charge in [0.05, 0.1) is 6.07 Å². The molecule has 2 rings (SSSR count). The van der Waals surface area contributed by atoms with Crippen LogP contribution >= 0.6 is 11.3 Å². The predicted octanol–water partition coefficient (Wildman–Crippen LogP) is 0.916. The van der Waals surface area contributed by atoms with Crippen molar-refractivity contribution in [2.24, 2.45) is 0 Å². The lowest BCUT2D eigenvalue weighted by molar-refractivity contribution is -0.402. The molecular formula is C10H10N4O5S. The minimum Gasteiger partial charge on any atom is -0.401 e. The van der Waals surface area contributed by atoms with Crippen LogP contribution in [0.3, 0.4) is 0 Å². The number of aliphatic hydroxyl groups excluding tert-OH is 2. The Balaban J connectivity index is 2.09. The number of anilines is 1. The van der Waals surface area contributed by atoms with Crippen LogP contribution in [0.15, 0.2) is 16.5 Å². The summed E-state index contributed by atoms with van der Waals surface area (Å²) < 4.78 is 4.94. The van der Waals surface area contributed by atoms with Crippen molar-refractivity contribution in [3.63, 3.8) is 0 Å². The van der Waals surface area contributed by atoms with Crippen molar-refractivity contribution in [1.29, 1.82) is 0 Å². The van der Waals surface area contributed by atoms with Gasteiger partial charge < -0.3 is 19.5 Å². The van der Waals surface area contributed by atoms with E-state index in [0.29, 0.717) is 15.9 Å².